The molecule has 0 heterocycles. The fourth-order valence-electron chi connectivity index (χ4n) is 11.5. The van der Waals surface area contributed by atoms with Crippen LogP contribution >= 0.6 is 0 Å². The first-order chi connectivity index (χ1) is 14.1. The van der Waals surface area contributed by atoms with Crippen LogP contribution in [0, 0.1) is 32.5 Å². The first-order valence-corrected chi connectivity index (χ1v) is 15.8. The van der Waals surface area contributed by atoms with E-state index in [0.717, 1.165) is 0 Å². The van der Waals surface area contributed by atoms with Crippen molar-refractivity contribution < 1.29 is 14.1 Å². The summed E-state index contributed by atoms with van der Waals surface area (Å²) in [5.41, 5.74) is 3.46. The van der Waals surface area contributed by atoms with Gasteiger partial charge >= 0.3 is 199 Å². The Balaban J connectivity index is 1.63. The molecule has 6 bridgehead atoms. The summed E-state index contributed by atoms with van der Waals surface area (Å²) >= 11 is -0.968. The van der Waals surface area contributed by atoms with Crippen molar-refractivity contribution in [1.82, 2.24) is 0 Å². The van der Waals surface area contributed by atoms with Gasteiger partial charge in [-0.05, 0) is 0 Å². The van der Waals surface area contributed by atoms with Crippen LogP contribution in [0.2, 0.25) is 12.8 Å². The van der Waals surface area contributed by atoms with Crippen LogP contribution in [0.25, 0.3) is 0 Å². The van der Waals surface area contributed by atoms with E-state index in [1.54, 1.807) is 38.5 Å². The standard InChI is InChI=1S/3C10H17.Cr/c3*1-9(2)8-4-6-10(9,3)7-5-8;/h3*4-7H2,1-3H3;. The molecule has 0 saturated heterocycles. The Morgan fingerprint density at radius 2 is 0.516 bits per heavy atom. The van der Waals surface area contributed by atoms with Crippen LogP contribution < -0.4 is 0 Å². The van der Waals surface area contributed by atoms with Gasteiger partial charge in [0.15, 0.2) is 0 Å². The second kappa shape index (κ2) is 5.51. The Hall–Kier alpha value is 0.532. The molecule has 0 amide bonds. The van der Waals surface area contributed by atoms with Gasteiger partial charge in [0.2, 0.25) is 0 Å². The molecule has 6 rings (SSSR count). The van der Waals surface area contributed by atoms with Crippen LogP contribution in [-0.4, -0.2) is 0 Å². The Morgan fingerprint density at radius 1 is 0.323 bits per heavy atom. The maximum atomic E-state index is 2.78. The minimum atomic E-state index is -0.968. The molecule has 1 heteroatoms. The molecule has 0 aliphatic heterocycles. The predicted molar refractivity (Wildman–Crippen MR) is 129 cm³/mol. The van der Waals surface area contributed by atoms with E-state index < -0.39 is 14.1 Å². The van der Waals surface area contributed by atoms with Gasteiger partial charge in [0, 0.05) is 0 Å². The number of fused-ring (bicyclic) bond motifs is 6. The summed E-state index contributed by atoms with van der Waals surface area (Å²) in [5.74, 6) is 0. The molecule has 6 aliphatic carbocycles. The van der Waals surface area contributed by atoms with Crippen molar-refractivity contribution in [3.05, 3.63) is 0 Å². The average Bonchev–Trinajstić information content (AvgIpc) is 3.31. The van der Waals surface area contributed by atoms with Crippen molar-refractivity contribution in [2.24, 2.45) is 32.5 Å². The van der Waals surface area contributed by atoms with E-state index in [1.165, 1.54) is 38.5 Å². The molecular weight excluding hydrogens is 412 g/mol. The molecule has 0 unspecified atom stereocenters. The number of rotatable bonds is 3. The van der Waals surface area contributed by atoms with Gasteiger partial charge in [-0.15, -0.1) is 0 Å². The Labute approximate surface area is 198 Å². The zero-order valence-electron chi connectivity index (χ0n) is 22.4. The third-order valence-electron chi connectivity index (χ3n) is 15.6. The molecule has 0 radical (unpaired) electrons. The molecule has 6 saturated carbocycles. The first kappa shape index (κ1) is 22.0. The Bertz CT molecular complexity index is 692. The molecule has 0 spiro atoms. The van der Waals surface area contributed by atoms with Gasteiger partial charge in [0.25, 0.3) is 0 Å². The second-order valence-electron chi connectivity index (χ2n) is 15.8. The monoisotopic (exact) mass is 463 g/mol. The Morgan fingerprint density at radius 3 is 0.645 bits per heavy atom. The van der Waals surface area contributed by atoms with Crippen molar-refractivity contribution in [3.8, 4) is 0 Å². The summed E-state index contributed by atoms with van der Waals surface area (Å²) in [6, 6.07) is 0. The first-order valence-electron chi connectivity index (χ1n) is 13.9. The molecular formula is C30H51Cr. The molecule has 0 atom stereocenters. The summed E-state index contributed by atoms with van der Waals surface area (Å²) in [5, 5.41) is 0. The van der Waals surface area contributed by atoms with E-state index >= 15 is 0 Å². The summed E-state index contributed by atoms with van der Waals surface area (Å²) in [4.78, 5) is 0. The average molecular weight is 464 g/mol. The fraction of sp³-hybridized carbons (Fsp3) is 1.00. The summed E-state index contributed by atoms with van der Waals surface area (Å²) in [6.45, 7) is 24.8. The van der Waals surface area contributed by atoms with Crippen molar-refractivity contribution >= 4 is 0 Å². The molecule has 177 valence electrons. The van der Waals surface area contributed by atoms with Gasteiger partial charge in [-0.2, -0.15) is 0 Å². The number of hydrogen-bond donors (Lipinski definition) is 0. The number of hydrogen-bond acceptors (Lipinski definition) is 0. The summed E-state index contributed by atoms with van der Waals surface area (Å²) in [7, 11) is 0. The SMILES string of the molecule is CC12CC[C]([Cr]([C]34CCC(C)(CC3)C4(C)C)[C]34CCC(C)(CC3)C4(C)C)(CC1)C2(C)C. The quantitative estimate of drug-likeness (QED) is 0.390. The minimum absolute atomic E-state index is 0.545. The Kier molecular flexibility index (Phi) is 3.91. The van der Waals surface area contributed by atoms with E-state index in [1.807, 2.05) is 0 Å². The van der Waals surface area contributed by atoms with E-state index in [0.29, 0.717) is 45.3 Å². The molecule has 0 aromatic heterocycles. The van der Waals surface area contributed by atoms with Crippen molar-refractivity contribution in [3.63, 3.8) is 0 Å². The zero-order valence-corrected chi connectivity index (χ0v) is 23.7. The van der Waals surface area contributed by atoms with E-state index in [2.05, 4.69) is 62.3 Å². The fourth-order valence-corrected chi connectivity index (χ4v) is 21.4. The van der Waals surface area contributed by atoms with Crippen molar-refractivity contribution in [2.75, 3.05) is 0 Å². The van der Waals surface area contributed by atoms with E-state index in [-0.39, 0.29) is 0 Å². The van der Waals surface area contributed by atoms with Gasteiger partial charge in [0.1, 0.15) is 0 Å². The van der Waals surface area contributed by atoms with Crippen LogP contribution in [-0.2, 0) is 14.1 Å². The maximum absolute atomic E-state index is 2.78. The normalized spacial score (nSPS) is 57.5. The van der Waals surface area contributed by atoms with E-state index in [4.69, 9.17) is 0 Å². The van der Waals surface area contributed by atoms with E-state index in [9.17, 15) is 0 Å². The van der Waals surface area contributed by atoms with Gasteiger partial charge in [0.05, 0.1) is 0 Å². The second-order valence-corrected chi connectivity index (χ2v) is 20.5. The summed E-state index contributed by atoms with van der Waals surface area (Å²) < 4.78 is 2.09. The zero-order chi connectivity index (χ0) is 22.6. The van der Waals surface area contributed by atoms with Gasteiger partial charge in [-0.3, -0.25) is 0 Å². The molecule has 6 fully saturated rings. The molecule has 0 nitrogen and oxygen atoms in total. The van der Waals surface area contributed by atoms with Crippen LogP contribution in [0.4, 0.5) is 0 Å². The van der Waals surface area contributed by atoms with Crippen LogP contribution in [0.3, 0.4) is 0 Å². The molecule has 6 aliphatic rings. The third-order valence-corrected chi connectivity index (χ3v) is 23.6. The van der Waals surface area contributed by atoms with Crippen LogP contribution in [0.5, 0.6) is 0 Å². The van der Waals surface area contributed by atoms with Crippen molar-refractivity contribution in [1.29, 1.82) is 0 Å². The molecule has 0 aromatic carbocycles. The van der Waals surface area contributed by atoms with Gasteiger partial charge < -0.3 is 0 Å². The van der Waals surface area contributed by atoms with Crippen LogP contribution in [0.15, 0.2) is 0 Å². The predicted octanol–water partition coefficient (Wildman–Crippen LogP) is 9.94. The topological polar surface area (TPSA) is 0 Å². The third kappa shape index (κ3) is 1.89. The molecule has 0 aromatic rings. The van der Waals surface area contributed by atoms with Gasteiger partial charge in [-0.1, -0.05) is 0 Å². The molecule has 31 heavy (non-hydrogen) atoms. The summed E-state index contributed by atoms with van der Waals surface area (Å²) in [6.07, 6.45) is 18.7. The molecule has 0 N–H and O–H groups in total. The van der Waals surface area contributed by atoms with Crippen molar-refractivity contribution in [2.45, 2.75) is 152 Å². The van der Waals surface area contributed by atoms with Gasteiger partial charge in [-0.25, -0.2) is 0 Å². The van der Waals surface area contributed by atoms with Crippen LogP contribution in [0.1, 0.15) is 139 Å².